The van der Waals surface area contributed by atoms with Crippen LogP contribution in [0.3, 0.4) is 0 Å². The van der Waals surface area contributed by atoms with E-state index >= 15 is 0 Å². The molecule has 23 heavy (non-hydrogen) atoms. The molecule has 3 aromatic heterocycles. The Morgan fingerprint density at radius 1 is 1.13 bits per heavy atom. The summed E-state index contributed by atoms with van der Waals surface area (Å²) in [6, 6.07) is 2.07. The van der Waals surface area contributed by atoms with Gasteiger partial charge in [-0.3, -0.25) is 4.40 Å². The number of aryl methyl sites for hydroxylation is 4. The standard InChI is InChI=1S/C17H23N5S/c1-10-7-11(2)22-9-14(21-16(22)19-10)8-18-17(5,6)15-20-12(3)13(4)23-15/h7,9,18H,8H2,1-6H3. The second kappa shape index (κ2) is 5.69. The number of nitrogens with zero attached hydrogens (tertiary/aromatic N) is 4. The highest BCUT2D eigenvalue weighted by Gasteiger charge is 2.24. The number of imidazole rings is 1. The maximum absolute atomic E-state index is 4.68. The van der Waals surface area contributed by atoms with Crippen LogP contribution in [-0.2, 0) is 12.1 Å². The molecule has 0 fully saturated rings. The van der Waals surface area contributed by atoms with Gasteiger partial charge < -0.3 is 5.32 Å². The summed E-state index contributed by atoms with van der Waals surface area (Å²) in [5.41, 5.74) is 4.07. The van der Waals surface area contributed by atoms with Crippen molar-refractivity contribution >= 4 is 17.1 Å². The van der Waals surface area contributed by atoms with Gasteiger partial charge in [-0.25, -0.2) is 15.0 Å². The topological polar surface area (TPSA) is 55.1 Å². The van der Waals surface area contributed by atoms with Gasteiger partial charge in [0, 0.05) is 29.0 Å². The summed E-state index contributed by atoms with van der Waals surface area (Å²) in [6.07, 6.45) is 2.05. The maximum Gasteiger partial charge on any atom is 0.234 e. The third-order valence-electron chi connectivity index (χ3n) is 4.09. The zero-order chi connectivity index (χ0) is 16.8. The van der Waals surface area contributed by atoms with Gasteiger partial charge in [-0.15, -0.1) is 11.3 Å². The molecule has 0 aromatic carbocycles. The van der Waals surface area contributed by atoms with Crippen molar-refractivity contribution in [3.8, 4) is 0 Å². The number of fused-ring (bicyclic) bond motifs is 1. The lowest BCUT2D eigenvalue weighted by atomic mass is 10.1. The highest BCUT2D eigenvalue weighted by Crippen LogP contribution is 2.27. The number of rotatable bonds is 4. The molecule has 0 spiro atoms. The molecule has 0 saturated carbocycles. The van der Waals surface area contributed by atoms with E-state index < -0.39 is 0 Å². The molecular formula is C17H23N5S. The molecule has 0 saturated heterocycles. The molecule has 6 heteroatoms. The van der Waals surface area contributed by atoms with Crippen LogP contribution in [0, 0.1) is 27.7 Å². The highest BCUT2D eigenvalue weighted by atomic mass is 32.1. The van der Waals surface area contributed by atoms with E-state index in [1.54, 1.807) is 11.3 Å². The van der Waals surface area contributed by atoms with Gasteiger partial charge in [0.2, 0.25) is 5.78 Å². The Labute approximate surface area is 140 Å². The van der Waals surface area contributed by atoms with Crippen LogP contribution in [0.4, 0.5) is 0 Å². The van der Waals surface area contributed by atoms with Gasteiger partial charge in [0.15, 0.2) is 0 Å². The van der Waals surface area contributed by atoms with E-state index in [4.69, 9.17) is 0 Å². The lowest BCUT2D eigenvalue weighted by Crippen LogP contribution is -2.36. The fourth-order valence-corrected chi connectivity index (χ4v) is 3.52. The molecular weight excluding hydrogens is 306 g/mol. The van der Waals surface area contributed by atoms with E-state index in [1.807, 2.05) is 11.3 Å². The van der Waals surface area contributed by atoms with Crippen molar-refractivity contribution < 1.29 is 0 Å². The third kappa shape index (κ3) is 3.14. The van der Waals surface area contributed by atoms with Crippen LogP contribution in [0.2, 0.25) is 0 Å². The minimum atomic E-state index is -0.183. The summed E-state index contributed by atoms with van der Waals surface area (Å²) in [6.45, 7) is 13.3. The number of hydrogen-bond donors (Lipinski definition) is 1. The van der Waals surface area contributed by atoms with Crippen molar-refractivity contribution in [2.45, 2.75) is 53.6 Å². The minimum Gasteiger partial charge on any atom is -0.300 e. The first kappa shape index (κ1) is 16.1. The zero-order valence-electron chi connectivity index (χ0n) is 14.6. The first-order valence-electron chi connectivity index (χ1n) is 7.78. The van der Waals surface area contributed by atoms with Crippen LogP contribution >= 0.6 is 11.3 Å². The quantitative estimate of drug-likeness (QED) is 0.796. The van der Waals surface area contributed by atoms with Crippen LogP contribution in [0.1, 0.15) is 46.5 Å². The summed E-state index contributed by atoms with van der Waals surface area (Å²) in [7, 11) is 0. The smallest absolute Gasteiger partial charge is 0.234 e. The van der Waals surface area contributed by atoms with E-state index in [9.17, 15) is 0 Å². The van der Waals surface area contributed by atoms with Gasteiger partial charge >= 0.3 is 0 Å². The molecule has 0 radical (unpaired) electrons. The monoisotopic (exact) mass is 329 g/mol. The van der Waals surface area contributed by atoms with Crippen LogP contribution in [0.15, 0.2) is 12.3 Å². The Morgan fingerprint density at radius 3 is 2.52 bits per heavy atom. The Hall–Kier alpha value is -1.79. The van der Waals surface area contributed by atoms with Crippen LogP contribution in [-0.4, -0.2) is 19.4 Å². The Morgan fingerprint density at radius 2 is 1.87 bits per heavy atom. The molecule has 0 unspecified atom stereocenters. The number of nitrogens with one attached hydrogen (secondary N) is 1. The minimum absolute atomic E-state index is 0.183. The van der Waals surface area contributed by atoms with Crippen molar-refractivity contribution in [1.82, 2.24) is 24.7 Å². The summed E-state index contributed by atoms with van der Waals surface area (Å²) in [4.78, 5) is 15.1. The van der Waals surface area contributed by atoms with E-state index in [1.165, 1.54) is 4.88 Å². The lowest BCUT2D eigenvalue weighted by Gasteiger charge is -2.23. The van der Waals surface area contributed by atoms with Crippen LogP contribution < -0.4 is 5.32 Å². The molecule has 3 heterocycles. The van der Waals surface area contributed by atoms with Crippen molar-refractivity contribution in [3.63, 3.8) is 0 Å². The predicted octanol–water partition coefficient (Wildman–Crippen LogP) is 3.44. The van der Waals surface area contributed by atoms with Gasteiger partial charge in [-0.05, 0) is 47.6 Å². The molecule has 0 bridgehead atoms. The van der Waals surface area contributed by atoms with Crippen molar-refractivity contribution in [3.05, 3.63) is 44.9 Å². The van der Waals surface area contributed by atoms with Gasteiger partial charge in [-0.2, -0.15) is 0 Å². The Kier molecular flexibility index (Phi) is 3.98. The predicted molar refractivity (Wildman–Crippen MR) is 93.9 cm³/mol. The largest absolute Gasteiger partial charge is 0.300 e. The molecule has 0 aliphatic carbocycles. The average molecular weight is 329 g/mol. The summed E-state index contributed by atoms with van der Waals surface area (Å²) in [5.74, 6) is 0.762. The fourth-order valence-electron chi connectivity index (χ4n) is 2.53. The highest BCUT2D eigenvalue weighted by molar-refractivity contribution is 7.11. The Balaban J connectivity index is 1.81. The normalized spacial score (nSPS) is 12.3. The molecule has 122 valence electrons. The molecule has 0 amide bonds. The van der Waals surface area contributed by atoms with Crippen molar-refractivity contribution in [1.29, 1.82) is 0 Å². The SMILES string of the molecule is Cc1cc(C)n2cc(CNC(C)(C)c3nc(C)c(C)s3)nc2n1. The van der Waals surface area contributed by atoms with Crippen LogP contribution in [0.5, 0.6) is 0 Å². The summed E-state index contributed by atoms with van der Waals surface area (Å²) in [5, 5.41) is 4.68. The van der Waals surface area contributed by atoms with Crippen molar-refractivity contribution in [2.24, 2.45) is 0 Å². The van der Waals surface area contributed by atoms with E-state index in [2.05, 4.69) is 67.2 Å². The summed E-state index contributed by atoms with van der Waals surface area (Å²) < 4.78 is 2.04. The lowest BCUT2D eigenvalue weighted by molar-refractivity contribution is 0.396. The van der Waals surface area contributed by atoms with Crippen LogP contribution in [0.25, 0.3) is 5.78 Å². The van der Waals surface area contributed by atoms with Gasteiger partial charge in [0.05, 0.1) is 16.9 Å². The number of thiazole rings is 1. The van der Waals surface area contributed by atoms with E-state index in [0.29, 0.717) is 6.54 Å². The van der Waals surface area contributed by atoms with Gasteiger partial charge in [-0.1, -0.05) is 0 Å². The Bertz CT molecular complexity index is 840. The molecule has 3 rings (SSSR count). The third-order valence-corrected chi connectivity index (χ3v) is 5.48. The van der Waals surface area contributed by atoms with Crippen molar-refractivity contribution in [2.75, 3.05) is 0 Å². The summed E-state index contributed by atoms with van der Waals surface area (Å²) >= 11 is 1.75. The van der Waals surface area contributed by atoms with Gasteiger partial charge in [0.25, 0.3) is 0 Å². The number of hydrogen-bond acceptors (Lipinski definition) is 5. The first-order chi connectivity index (χ1) is 10.8. The molecule has 0 aliphatic heterocycles. The zero-order valence-corrected chi connectivity index (χ0v) is 15.4. The van der Waals surface area contributed by atoms with E-state index in [0.717, 1.165) is 33.6 Å². The number of aromatic nitrogens is 4. The molecule has 0 atom stereocenters. The molecule has 0 aliphatic rings. The average Bonchev–Trinajstić information content (AvgIpc) is 3.01. The van der Waals surface area contributed by atoms with Gasteiger partial charge in [0.1, 0.15) is 5.01 Å². The van der Waals surface area contributed by atoms with E-state index in [-0.39, 0.29) is 5.54 Å². The first-order valence-corrected chi connectivity index (χ1v) is 8.59. The molecule has 5 nitrogen and oxygen atoms in total. The molecule has 1 N–H and O–H groups in total. The molecule has 3 aromatic rings. The maximum atomic E-state index is 4.68. The second-order valence-corrected chi connectivity index (χ2v) is 7.78. The second-order valence-electron chi connectivity index (χ2n) is 6.58. The fraction of sp³-hybridized carbons (Fsp3) is 0.471.